The standard InChI is InChI=1S/C16H23F2N5O.3ClH/c1-22-4-6-23(7-5-22)14-3-2-12(9-19-14)10-20-15(24)13-8-16(17,18)11-21-13;;;/h2-3,9,13,21H,4-8,10-11H2,1H3,(H,20,24);3*1H. The van der Waals surface area contributed by atoms with Crippen LogP contribution in [0.25, 0.3) is 0 Å². The molecular weight excluding hydrogens is 423 g/mol. The van der Waals surface area contributed by atoms with E-state index in [1.165, 1.54) is 0 Å². The van der Waals surface area contributed by atoms with Gasteiger partial charge in [-0.25, -0.2) is 13.8 Å². The number of carbonyl (C=O) groups excluding carboxylic acids is 1. The van der Waals surface area contributed by atoms with E-state index in [1.54, 1.807) is 6.20 Å². The SMILES string of the molecule is CN1CCN(c2ccc(CNC(=O)C3CC(F)(F)CN3)cn2)CC1.Cl.Cl.Cl. The van der Waals surface area contributed by atoms with Crippen LogP contribution in [0.1, 0.15) is 12.0 Å². The van der Waals surface area contributed by atoms with Crippen molar-refractivity contribution >= 4 is 48.9 Å². The molecule has 2 N–H and O–H groups in total. The highest BCUT2D eigenvalue weighted by Crippen LogP contribution is 2.25. The van der Waals surface area contributed by atoms with Gasteiger partial charge < -0.3 is 15.1 Å². The number of pyridine rings is 1. The van der Waals surface area contributed by atoms with Crippen molar-refractivity contribution in [1.29, 1.82) is 0 Å². The van der Waals surface area contributed by atoms with Crippen molar-refractivity contribution in [2.45, 2.75) is 24.9 Å². The summed E-state index contributed by atoms with van der Waals surface area (Å²) in [4.78, 5) is 20.9. The number of hydrogen-bond donors (Lipinski definition) is 2. The summed E-state index contributed by atoms with van der Waals surface area (Å²) in [6.45, 7) is 3.77. The molecule has 0 bridgehead atoms. The summed E-state index contributed by atoms with van der Waals surface area (Å²) in [6.07, 6.45) is 1.28. The second-order valence-corrected chi connectivity index (χ2v) is 6.53. The Balaban J connectivity index is 0.00000225. The molecule has 0 aliphatic carbocycles. The Morgan fingerprint density at radius 2 is 1.93 bits per heavy atom. The van der Waals surface area contributed by atoms with Gasteiger partial charge in [-0.1, -0.05) is 6.07 Å². The number of nitrogens with one attached hydrogen (secondary N) is 2. The molecule has 0 aromatic carbocycles. The van der Waals surface area contributed by atoms with Crippen LogP contribution in [0.3, 0.4) is 0 Å². The van der Waals surface area contributed by atoms with Crippen LogP contribution in [-0.2, 0) is 11.3 Å². The van der Waals surface area contributed by atoms with Gasteiger partial charge >= 0.3 is 0 Å². The Labute approximate surface area is 176 Å². The zero-order chi connectivity index (χ0) is 17.2. The van der Waals surface area contributed by atoms with Crippen LogP contribution >= 0.6 is 37.2 Å². The minimum atomic E-state index is -2.80. The molecule has 2 saturated heterocycles. The first kappa shape index (κ1) is 26.1. The normalized spacial score (nSPS) is 21.4. The Morgan fingerprint density at radius 1 is 1.26 bits per heavy atom. The van der Waals surface area contributed by atoms with Crippen molar-refractivity contribution < 1.29 is 13.6 Å². The lowest BCUT2D eigenvalue weighted by Gasteiger charge is -2.33. The molecule has 2 fully saturated rings. The number of amides is 1. The van der Waals surface area contributed by atoms with Crippen LogP contribution in [0.5, 0.6) is 0 Å². The smallest absolute Gasteiger partial charge is 0.262 e. The van der Waals surface area contributed by atoms with E-state index in [4.69, 9.17) is 0 Å². The molecular formula is C16H26Cl3F2N5O. The Kier molecular flexibility index (Phi) is 10.8. The predicted octanol–water partition coefficient (Wildman–Crippen LogP) is 1.71. The van der Waals surface area contributed by atoms with E-state index in [9.17, 15) is 13.6 Å². The second-order valence-electron chi connectivity index (χ2n) is 6.53. The second kappa shape index (κ2) is 11.2. The maximum Gasteiger partial charge on any atom is 0.262 e. The third-order valence-electron chi connectivity index (χ3n) is 4.53. The predicted molar refractivity (Wildman–Crippen MR) is 109 cm³/mol. The fraction of sp³-hybridized carbons (Fsp3) is 0.625. The molecule has 0 radical (unpaired) electrons. The molecule has 11 heteroatoms. The minimum Gasteiger partial charge on any atom is -0.354 e. The Morgan fingerprint density at radius 3 is 2.44 bits per heavy atom. The van der Waals surface area contributed by atoms with Crippen LogP contribution in [0, 0.1) is 0 Å². The molecule has 0 spiro atoms. The Bertz CT molecular complexity index is 586. The van der Waals surface area contributed by atoms with Gasteiger partial charge in [-0.05, 0) is 18.7 Å². The van der Waals surface area contributed by atoms with Crippen LogP contribution in [0.15, 0.2) is 18.3 Å². The van der Waals surface area contributed by atoms with Gasteiger partial charge in [0.25, 0.3) is 5.92 Å². The van der Waals surface area contributed by atoms with E-state index in [2.05, 4.69) is 32.5 Å². The third-order valence-corrected chi connectivity index (χ3v) is 4.53. The molecule has 1 aromatic rings. The molecule has 6 nitrogen and oxygen atoms in total. The maximum absolute atomic E-state index is 13.1. The molecule has 27 heavy (non-hydrogen) atoms. The summed E-state index contributed by atoms with van der Waals surface area (Å²) in [6, 6.07) is 3.03. The maximum atomic E-state index is 13.1. The molecule has 0 saturated carbocycles. The lowest BCUT2D eigenvalue weighted by Crippen LogP contribution is -2.44. The first-order valence-electron chi connectivity index (χ1n) is 8.20. The molecule has 3 rings (SSSR count). The zero-order valence-electron chi connectivity index (χ0n) is 15.0. The summed E-state index contributed by atoms with van der Waals surface area (Å²) in [7, 11) is 2.10. The van der Waals surface area contributed by atoms with Crippen LogP contribution in [-0.4, -0.2) is 67.5 Å². The van der Waals surface area contributed by atoms with Gasteiger partial charge in [0.2, 0.25) is 5.91 Å². The number of carbonyl (C=O) groups is 1. The number of halogens is 5. The summed E-state index contributed by atoms with van der Waals surface area (Å²) >= 11 is 0. The average Bonchev–Trinajstić information content (AvgIpc) is 2.94. The van der Waals surface area contributed by atoms with Gasteiger partial charge in [-0.3, -0.25) is 10.1 Å². The number of anilines is 1. The van der Waals surface area contributed by atoms with Crippen molar-refractivity contribution in [1.82, 2.24) is 20.5 Å². The average molecular weight is 449 g/mol. The highest BCUT2D eigenvalue weighted by molar-refractivity contribution is 5.86. The minimum absolute atomic E-state index is 0. The molecule has 156 valence electrons. The molecule has 2 aliphatic rings. The van der Waals surface area contributed by atoms with E-state index < -0.39 is 30.8 Å². The molecule has 1 amide bonds. The molecule has 1 unspecified atom stereocenters. The van der Waals surface area contributed by atoms with Crippen LogP contribution in [0.4, 0.5) is 14.6 Å². The number of hydrogen-bond acceptors (Lipinski definition) is 5. The van der Waals surface area contributed by atoms with Crippen molar-refractivity contribution in [2.75, 3.05) is 44.7 Å². The van der Waals surface area contributed by atoms with E-state index >= 15 is 0 Å². The lowest BCUT2D eigenvalue weighted by atomic mass is 10.2. The summed E-state index contributed by atoms with van der Waals surface area (Å²) < 4.78 is 26.2. The first-order chi connectivity index (χ1) is 11.4. The topological polar surface area (TPSA) is 60.5 Å². The van der Waals surface area contributed by atoms with Crippen molar-refractivity contribution in [3.63, 3.8) is 0 Å². The number of piperazine rings is 1. The molecule has 1 aromatic heterocycles. The first-order valence-corrected chi connectivity index (χ1v) is 8.20. The van der Waals surface area contributed by atoms with Crippen molar-refractivity contribution in [3.8, 4) is 0 Å². The van der Waals surface area contributed by atoms with Gasteiger partial charge in [-0.2, -0.15) is 0 Å². The summed E-state index contributed by atoms with van der Waals surface area (Å²) in [5.74, 6) is -2.26. The van der Waals surface area contributed by atoms with Crippen molar-refractivity contribution in [2.24, 2.45) is 0 Å². The number of alkyl halides is 2. The molecule has 3 heterocycles. The third kappa shape index (κ3) is 7.19. The number of aromatic nitrogens is 1. The van der Waals surface area contributed by atoms with E-state index in [-0.39, 0.29) is 37.2 Å². The van der Waals surface area contributed by atoms with Crippen LogP contribution in [0.2, 0.25) is 0 Å². The summed E-state index contributed by atoms with van der Waals surface area (Å²) in [5, 5.41) is 5.24. The lowest BCUT2D eigenvalue weighted by molar-refractivity contribution is -0.123. The van der Waals surface area contributed by atoms with Gasteiger partial charge in [0.1, 0.15) is 5.82 Å². The zero-order valence-corrected chi connectivity index (χ0v) is 17.4. The molecule has 1 atom stereocenters. The van der Waals surface area contributed by atoms with Gasteiger partial charge in [-0.15, -0.1) is 37.2 Å². The van der Waals surface area contributed by atoms with Crippen LogP contribution < -0.4 is 15.5 Å². The Hall–Kier alpha value is -0.930. The fourth-order valence-corrected chi connectivity index (χ4v) is 2.96. The number of likely N-dealkylation sites (N-methyl/N-ethyl adjacent to an activating group) is 1. The summed E-state index contributed by atoms with van der Waals surface area (Å²) in [5.41, 5.74) is 0.853. The highest BCUT2D eigenvalue weighted by atomic mass is 35.5. The largest absolute Gasteiger partial charge is 0.354 e. The fourth-order valence-electron chi connectivity index (χ4n) is 2.96. The number of rotatable bonds is 4. The quantitative estimate of drug-likeness (QED) is 0.734. The molecule has 2 aliphatic heterocycles. The van der Waals surface area contributed by atoms with E-state index in [1.807, 2.05) is 12.1 Å². The monoisotopic (exact) mass is 447 g/mol. The van der Waals surface area contributed by atoms with E-state index in [0.717, 1.165) is 37.6 Å². The van der Waals surface area contributed by atoms with Crippen molar-refractivity contribution in [3.05, 3.63) is 23.9 Å². The van der Waals surface area contributed by atoms with Gasteiger partial charge in [0, 0.05) is 45.3 Å². The highest BCUT2D eigenvalue weighted by Gasteiger charge is 2.42. The van der Waals surface area contributed by atoms with E-state index in [0.29, 0.717) is 6.54 Å². The van der Waals surface area contributed by atoms with Gasteiger partial charge in [0.05, 0.1) is 12.6 Å². The van der Waals surface area contributed by atoms with Gasteiger partial charge in [0.15, 0.2) is 0 Å². The number of nitrogens with zero attached hydrogens (tertiary/aromatic N) is 3.